The molecule has 1 aliphatic rings. The molecule has 1 aromatic rings. The normalized spacial score (nSPS) is 19.9. The molecule has 0 bridgehead atoms. The third-order valence-electron chi connectivity index (χ3n) is 3.76. The van der Waals surface area contributed by atoms with Crippen LogP contribution in [0.3, 0.4) is 0 Å². The van der Waals surface area contributed by atoms with Gasteiger partial charge in [0.2, 0.25) is 10.0 Å². The highest BCUT2D eigenvalue weighted by Crippen LogP contribution is 2.18. The summed E-state index contributed by atoms with van der Waals surface area (Å²) in [7, 11) is -3.55. The molecule has 21 heavy (non-hydrogen) atoms. The lowest BCUT2D eigenvalue weighted by Gasteiger charge is -2.30. The third-order valence-corrected chi connectivity index (χ3v) is 5.64. The smallest absolute Gasteiger partial charge is 0.243 e. The van der Waals surface area contributed by atoms with Crippen LogP contribution in [-0.2, 0) is 10.0 Å². The number of nitrogens with zero attached hydrogens (tertiary/aromatic N) is 1. The predicted molar refractivity (Wildman–Crippen MR) is 81.1 cm³/mol. The first-order chi connectivity index (χ1) is 10.0. The lowest BCUT2D eigenvalue weighted by molar-refractivity contribution is 0.312. The summed E-state index contributed by atoms with van der Waals surface area (Å²) in [4.78, 5) is 0.160. The van der Waals surface area contributed by atoms with Crippen molar-refractivity contribution < 1.29 is 12.8 Å². The number of nitrogens with one attached hydrogen (secondary N) is 1. The molecule has 1 fully saturated rings. The zero-order chi connectivity index (χ0) is 15.3. The molecule has 0 amide bonds. The SMILES string of the molecule is CCCN(CC1CCCCN1)S(=O)(=O)c1ccc(F)cc1. The standard InChI is InChI=1S/C15H23FN2O2S/c1-2-11-18(12-14-5-3-4-10-17-14)21(19,20)15-8-6-13(16)7-9-15/h6-9,14,17H,2-5,10-12H2,1H3. The molecule has 0 saturated carbocycles. The number of hydrogen-bond donors (Lipinski definition) is 1. The highest BCUT2D eigenvalue weighted by Gasteiger charge is 2.27. The third kappa shape index (κ3) is 4.25. The van der Waals surface area contributed by atoms with E-state index < -0.39 is 15.8 Å². The molecule has 1 atom stereocenters. The van der Waals surface area contributed by atoms with Crippen LogP contribution in [0.15, 0.2) is 29.2 Å². The second-order valence-electron chi connectivity index (χ2n) is 5.46. The van der Waals surface area contributed by atoms with Crippen molar-refractivity contribution >= 4 is 10.0 Å². The van der Waals surface area contributed by atoms with E-state index in [-0.39, 0.29) is 10.9 Å². The van der Waals surface area contributed by atoms with Crippen LogP contribution in [0.2, 0.25) is 0 Å². The monoisotopic (exact) mass is 314 g/mol. The van der Waals surface area contributed by atoms with Crippen molar-refractivity contribution in [1.82, 2.24) is 9.62 Å². The minimum Gasteiger partial charge on any atom is -0.313 e. The molecule has 1 aliphatic heterocycles. The minimum atomic E-state index is -3.55. The molecular formula is C15H23FN2O2S. The van der Waals surface area contributed by atoms with E-state index in [4.69, 9.17) is 0 Å². The Balaban J connectivity index is 2.16. The van der Waals surface area contributed by atoms with Gasteiger partial charge in [0.1, 0.15) is 5.82 Å². The Morgan fingerprint density at radius 1 is 1.29 bits per heavy atom. The van der Waals surface area contributed by atoms with Gasteiger partial charge in [0.05, 0.1) is 4.90 Å². The molecule has 0 spiro atoms. The molecule has 0 aromatic heterocycles. The average molecular weight is 314 g/mol. The van der Waals surface area contributed by atoms with Crippen molar-refractivity contribution in [3.63, 3.8) is 0 Å². The van der Waals surface area contributed by atoms with E-state index in [9.17, 15) is 12.8 Å². The van der Waals surface area contributed by atoms with Gasteiger partial charge in [-0.1, -0.05) is 13.3 Å². The number of rotatable bonds is 6. The summed E-state index contributed by atoms with van der Waals surface area (Å²) >= 11 is 0. The summed E-state index contributed by atoms with van der Waals surface area (Å²) in [6.45, 7) is 3.87. The van der Waals surface area contributed by atoms with E-state index in [0.29, 0.717) is 13.1 Å². The lowest BCUT2D eigenvalue weighted by Crippen LogP contribution is -2.46. The van der Waals surface area contributed by atoms with E-state index in [2.05, 4.69) is 5.32 Å². The van der Waals surface area contributed by atoms with Crippen LogP contribution >= 0.6 is 0 Å². The zero-order valence-electron chi connectivity index (χ0n) is 12.4. The largest absolute Gasteiger partial charge is 0.313 e. The second kappa shape index (κ2) is 7.33. The van der Waals surface area contributed by atoms with Crippen LogP contribution in [-0.4, -0.2) is 38.4 Å². The number of sulfonamides is 1. The predicted octanol–water partition coefficient (Wildman–Crippen LogP) is 2.37. The van der Waals surface area contributed by atoms with Crippen molar-refractivity contribution in [2.24, 2.45) is 0 Å². The van der Waals surface area contributed by atoms with E-state index in [1.165, 1.54) is 28.6 Å². The number of hydrogen-bond acceptors (Lipinski definition) is 3. The Bertz CT molecular complexity index is 539. The highest BCUT2D eigenvalue weighted by atomic mass is 32.2. The van der Waals surface area contributed by atoms with Gasteiger partial charge in [0, 0.05) is 19.1 Å². The van der Waals surface area contributed by atoms with E-state index in [0.717, 1.165) is 32.2 Å². The summed E-state index contributed by atoms with van der Waals surface area (Å²) in [5.74, 6) is -0.426. The van der Waals surface area contributed by atoms with Crippen LogP contribution < -0.4 is 5.32 Å². The maximum absolute atomic E-state index is 13.0. The lowest BCUT2D eigenvalue weighted by atomic mass is 10.1. The highest BCUT2D eigenvalue weighted by molar-refractivity contribution is 7.89. The Morgan fingerprint density at radius 2 is 2.00 bits per heavy atom. The van der Waals surface area contributed by atoms with E-state index >= 15 is 0 Å². The van der Waals surface area contributed by atoms with Gasteiger partial charge in [-0.05, 0) is 50.1 Å². The molecule has 0 aliphatic carbocycles. The maximum Gasteiger partial charge on any atom is 0.243 e. The molecule has 1 saturated heterocycles. The first-order valence-corrected chi connectivity index (χ1v) is 8.97. The van der Waals surface area contributed by atoms with Crippen LogP contribution in [0.4, 0.5) is 4.39 Å². The van der Waals surface area contributed by atoms with E-state index in [1.54, 1.807) is 0 Å². The first-order valence-electron chi connectivity index (χ1n) is 7.53. The van der Waals surface area contributed by atoms with Crippen LogP contribution in [0.5, 0.6) is 0 Å². The Morgan fingerprint density at radius 3 is 2.57 bits per heavy atom. The van der Waals surface area contributed by atoms with Gasteiger partial charge in [-0.25, -0.2) is 12.8 Å². The Hall–Kier alpha value is -0.980. The number of piperidine rings is 1. The average Bonchev–Trinajstić information content (AvgIpc) is 2.48. The number of halogens is 1. The molecule has 1 heterocycles. The molecule has 1 unspecified atom stereocenters. The summed E-state index contributed by atoms with van der Waals surface area (Å²) in [6, 6.07) is 5.26. The molecule has 4 nitrogen and oxygen atoms in total. The molecule has 1 aromatic carbocycles. The van der Waals surface area contributed by atoms with Gasteiger partial charge in [0.15, 0.2) is 0 Å². The molecule has 2 rings (SSSR count). The van der Waals surface area contributed by atoms with Crippen molar-refractivity contribution in [2.45, 2.75) is 43.5 Å². The second-order valence-corrected chi connectivity index (χ2v) is 7.40. The fourth-order valence-electron chi connectivity index (χ4n) is 2.64. The molecular weight excluding hydrogens is 291 g/mol. The van der Waals surface area contributed by atoms with Crippen molar-refractivity contribution in [1.29, 1.82) is 0 Å². The van der Waals surface area contributed by atoms with Gasteiger partial charge in [-0.15, -0.1) is 0 Å². The maximum atomic E-state index is 13.0. The van der Waals surface area contributed by atoms with Crippen molar-refractivity contribution in [3.8, 4) is 0 Å². The topological polar surface area (TPSA) is 49.4 Å². The number of benzene rings is 1. The van der Waals surface area contributed by atoms with Crippen LogP contribution in [0.25, 0.3) is 0 Å². The molecule has 0 radical (unpaired) electrons. The molecule has 6 heteroatoms. The summed E-state index contributed by atoms with van der Waals surface area (Å²) in [5.41, 5.74) is 0. The van der Waals surface area contributed by atoms with Gasteiger partial charge in [0.25, 0.3) is 0 Å². The van der Waals surface area contributed by atoms with E-state index in [1.807, 2.05) is 6.92 Å². The quantitative estimate of drug-likeness (QED) is 0.877. The minimum absolute atomic E-state index is 0.160. The Kier molecular flexibility index (Phi) is 5.72. The molecule has 1 N–H and O–H groups in total. The fourth-order valence-corrected chi connectivity index (χ4v) is 4.22. The zero-order valence-corrected chi connectivity index (χ0v) is 13.2. The summed E-state index contributed by atoms with van der Waals surface area (Å²) in [5, 5.41) is 3.37. The van der Waals surface area contributed by atoms with Crippen molar-refractivity contribution in [2.75, 3.05) is 19.6 Å². The van der Waals surface area contributed by atoms with Gasteiger partial charge in [-0.3, -0.25) is 0 Å². The van der Waals surface area contributed by atoms with Crippen LogP contribution in [0.1, 0.15) is 32.6 Å². The summed E-state index contributed by atoms with van der Waals surface area (Å²) < 4.78 is 39.9. The first kappa shape index (κ1) is 16.4. The summed E-state index contributed by atoms with van der Waals surface area (Å²) in [6.07, 6.45) is 4.04. The van der Waals surface area contributed by atoms with Gasteiger partial charge >= 0.3 is 0 Å². The van der Waals surface area contributed by atoms with Gasteiger partial charge in [-0.2, -0.15) is 4.31 Å². The molecule has 118 valence electrons. The van der Waals surface area contributed by atoms with Gasteiger partial charge < -0.3 is 5.32 Å². The Labute approximate surface area is 126 Å². The van der Waals surface area contributed by atoms with Crippen LogP contribution in [0, 0.1) is 5.82 Å². The fraction of sp³-hybridized carbons (Fsp3) is 0.600. The van der Waals surface area contributed by atoms with Crippen molar-refractivity contribution in [3.05, 3.63) is 30.1 Å².